The molecule has 8 heteroatoms. The van der Waals surface area contributed by atoms with Gasteiger partial charge in [-0.2, -0.15) is 4.31 Å². The third-order valence-corrected chi connectivity index (χ3v) is 4.85. The van der Waals surface area contributed by atoms with E-state index in [0.29, 0.717) is 0 Å². The largest absolute Gasteiger partial charge is 0.398 e. The van der Waals surface area contributed by atoms with Gasteiger partial charge in [-0.1, -0.05) is 6.92 Å². The van der Waals surface area contributed by atoms with Gasteiger partial charge in [-0.25, -0.2) is 12.8 Å². The monoisotopic (exact) mass is 303 g/mol. The molecule has 0 atom stereocenters. The Morgan fingerprint density at radius 3 is 2.50 bits per heavy atom. The number of anilines is 1. The Balaban J connectivity index is 3.24. The topological polar surface area (TPSA) is 92.5 Å². The van der Waals surface area contributed by atoms with Crippen molar-refractivity contribution in [2.75, 3.05) is 25.9 Å². The average Bonchev–Trinajstić information content (AvgIpc) is 2.40. The molecular weight excluding hydrogens is 285 g/mol. The second kappa shape index (κ2) is 6.19. The lowest BCUT2D eigenvalue weighted by molar-refractivity contribution is -0.120. The number of carbonyl (C=O) groups is 1. The first-order valence-corrected chi connectivity index (χ1v) is 7.44. The van der Waals surface area contributed by atoms with Gasteiger partial charge in [-0.3, -0.25) is 4.79 Å². The van der Waals surface area contributed by atoms with Crippen LogP contribution in [0.5, 0.6) is 0 Å². The number of amides is 1. The highest BCUT2D eigenvalue weighted by Crippen LogP contribution is 2.23. The van der Waals surface area contributed by atoms with Gasteiger partial charge in [0.2, 0.25) is 15.9 Å². The molecule has 0 aromatic heterocycles. The van der Waals surface area contributed by atoms with Crippen molar-refractivity contribution in [3.8, 4) is 0 Å². The molecule has 0 aliphatic carbocycles. The van der Waals surface area contributed by atoms with Crippen molar-refractivity contribution >= 4 is 21.6 Å². The fourth-order valence-corrected chi connectivity index (χ4v) is 3.03. The Labute approximate surface area is 117 Å². The van der Waals surface area contributed by atoms with E-state index >= 15 is 0 Å². The van der Waals surface area contributed by atoms with E-state index in [4.69, 9.17) is 5.73 Å². The lowest BCUT2D eigenvalue weighted by atomic mass is 10.2. The molecule has 0 fully saturated rings. The SMILES string of the molecule is CCN(CC(=O)NC)S(=O)(=O)c1cc(N)c(C)c(F)c1. The molecule has 0 spiro atoms. The number of likely N-dealkylation sites (N-methyl/N-ethyl adjacent to an activating group) is 2. The van der Waals surface area contributed by atoms with Crippen LogP contribution >= 0.6 is 0 Å². The van der Waals surface area contributed by atoms with Crippen LogP contribution in [0, 0.1) is 12.7 Å². The zero-order chi connectivity index (χ0) is 15.5. The minimum Gasteiger partial charge on any atom is -0.398 e. The fourth-order valence-electron chi connectivity index (χ4n) is 1.58. The van der Waals surface area contributed by atoms with Crippen molar-refractivity contribution in [3.63, 3.8) is 0 Å². The highest BCUT2D eigenvalue weighted by molar-refractivity contribution is 7.89. The molecule has 0 saturated carbocycles. The Kier molecular flexibility index (Phi) is 5.07. The summed E-state index contributed by atoms with van der Waals surface area (Å²) in [6.45, 7) is 2.81. The highest BCUT2D eigenvalue weighted by atomic mass is 32.2. The Bertz CT molecular complexity index is 593. The predicted molar refractivity (Wildman–Crippen MR) is 74.0 cm³/mol. The summed E-state index contributed by atoms with van der Waals surface area (Å²) in [6, 6.07) is 2.10. The summed E-state index contributed by atoms with van der Waals surface area (Å²) in [5.41, 5.74) is 5.83. The summed E-state index contributed by atoms with van der Waals surface area (Å²) >= 11 is 0. The van der Waals surface area contributed by atoms with Crippen LogP contribution in [0.3, 0.4) is 0 Å². The maximum atomic E-state index is 13.6. The van der Waals surface area contributed by atoms with E-state index in [0.717, 1.165) is 10.4 Å². The minimum atomic E-state index is -3.97. The molecule has 0 bridgehead atoms. The van der Waals surface area contributed by atoms with E-state index in [9.17, 15) is 17.6 Å². The number of hydrogen-bond acceptors (Lipinski definition) is 4. The van der Waals surface area contributed by atoms with E-state index in [-0.39, 0.29) is 29.2 Å². The number of nitrogens with one attached hydrogen (secondary N) is 1. The first-order valence-electron chi connectivity index (χ1n) is 6.00. The van der Waals surface area contributed by atoms with E-state index in [1.54, 1.807) is 6.92 Å². The average molecular weight is 303 g/mol. The molecule has 0 unspecified atom stereocenters. The van der Waals surface area contributed by atoms with E-state index in [1.165, 1.54) is 20.0 Å². The second-order valence-electron chi connectivity index (χ2n) is 4.22. The number of hydrogen-bond donors (Lipinski definition) is 2. The van der Waals surface area contributed by atoms with Crippen molar-refractivity contribution in [1.82, 2.24) is 9.62 Å². The maximum Gasteiger partial charge on any atom is 0.243 e. The Morgan fingerprint density at radius 1 is 1.45 bits per heavy atom. The molecule has 3 N–H and O–H groups in total. The van der Waals surface area contributed by atoms with Crippen molar-refractivity contribution in [2.45, 2.75) is 18.7 Å². The quantitative estimate of drug-likeness (QED) is 0.774. The first-order chi connectivity index (χ1) is 9.23. The van der Waals surface area contributed by atoms with Gasteiger partial charge in [-0.15, -0.1) is 0 Å². The lowest BCUT2D eigenvalue weighted by Crippen LogP contribution is -2.39. The first kappa shape index (κ1) is 16.4. The summed E-state index contributed by atoms with van der Waals surface area (Å²) in [6.07, 6.45) is 0. The molecule has 6 nitrogen and oxygen atoms in total. The number of sulfonamides is 1. The summed E-state index contributed by atoms with van der Waals surface area (Å²) in [7, 11) is -2.56. The standard InChI is InChI=1S/C12H18FN3O3S/c1-4-16(7-12(17)15-3)20(18,19)9-5-10(13)8(2)11(14)6-9/h5-6H,4,7,14H2,1-3H3,(H,15,17). The van der Waals surface area contributed by atoms with Gasteiger partial charge in [0.15, 0.2) is 0 Å². The van der Waals surface area contributed by atoms with Crippen LogP contribution in [0.15, 0.2) is 17.0 Å². The molecule has 0 aliphatic rings. The van der Waals surface area contributed by atoms with Crippen LogP contribution in [0.4, 0.5) is 10.1 Å². The molecule has 0 heterocycles. The summed E-state index contributed by atoms with van der Waals surface area (Å²) in [5, 5.41) is 2.34. The van der Waals surface area contributed by atoms with E-state index in [2.05, 4.69) is 5.32 Å². The fraction of sp³-hybridized carbons (Fsp3) is 0.417. The third kappa shape index (κ3) is 3.26. The van der Waals surface area contributed by atoms with Gasteiger partial charge in [0.1, 0.15) is 5.82 Å². The molecule has 20 heavy (non-hydrogen) atoms. The number of nitrogens with zero attached hydrogens (tertiary/aromatic N) is 1. The highest BCUT2D eigenvalue weighted by Gasteiger charge is 2.26. The molecule has 0 radical (unpaired) electrons. The lowest BCUT2D eigenvalue weighted by Gasteiger charge is -2.20. The van der Waals surface area contributed by atoms with Gasteiger partial charge >= 0.3 is 0 Å². The van der Waals surface area contributed by atoms with Crippen LogP contribution in [0.25, 0.3) is 0 Å². The van der Waals surface area contributed by atoms with Crippen LogP contribution < -0.4 is 11.1 Å². The van der Waals surface area contributed by atoms with Crippen LogP contribution in [-0.2, 0) is 14.8 Å². The molecule has 1 rings (SSSR count). The van der Waals surface area contributed by atoms with Crippen LogP contribution in [-0.4, -0.2) is 38.8 Å². The number of benzene rings is 1. The van der Waals surface area contributed by atoms with Gasteiger partial charge in [0.05, 0.1) is 11.4 Å². The molecule has 1 aromatic rings. The second-order valence-corrected chi connectivity index (χ2v) is 6.16. The van der Waals surface area contributed by atoms with E-state index in [1.807, 2.05) is 0 Å². The molecule has 1 amide bonds. The number of nitrogen functional groups attached to an aromatic ring is 1. The summed E-state index contributed by atoms with van der Waals surface area (Å²) < 4.78 is 39.3. The summed E-state index contributed by atoms with van der Waals surface area (Å²) in [5.74, 6) is -1.14. The van der Waals surface area contributed by atoms with E-state index < -0.39 is 21.7 Å². The van der Waals surface area contributed by atoms with Gasteiger partial charge in [0, 0.05) is 24.8 Å². The minimum absolute atomic E-state index is 0.0552. The number of carbonyl (C=O) groups excluding carboxylic acids is 1. The van der Waals surface area contributed by atoms with Crippen LogP contribution in [0.1, 0.15) is 12.5 Å². The Morgan fingerprint density at radius 2 is 2.05 bits per heavy atom. The van der Waals surface area contributed by atoms with Gasteiger partial charge in [-0.05, 0) is 19.1 Å². The maximum absolute atomic E-state index is 13.6. The molecule has 1 aromatic carbocycles. The molecule has 0 saturated heterocycles. The smallest absolute Gasteiger partial charge is 0.243 e. The van der Waals surface area contributed by atoms with Crippen molar-refractivity contribution in [3.05, 3.63) is 23.5 Å². The molecular formula is C12H18FN3O3S. The number of nitrogens with two attached hydrogens (primary N) is 1. The zero-order valence-electron chi connectivity index (χ0n) is 11.6. The van der Waals surface area contributed by atoms with Crippen molar-refractivity contribution in [2.24, 2.45) is 0 Å². The predicted octanol–water partition coefficient (Wildman–Crippen LogP) is 0.473. The normalized spacial score (nSPS) is 11.7. The van der Waals surface area contributed by atoms with Crippen LogP contribution in [0.2, 0.25) is 0 Å². The molecule has 0 aliphatic heterocycles. The van der Waals surface area contributed by atoms with Gasteiger partial charge in [0.25, 0.3) is 0 Å². The number of rotatable bonds is 5. The summed E-state index contributed by atoms with van der Waals surface area (Å²) in [4.78, 5) is 11.1. The molecule has 112 valence electrons. The zero-order valence-corrected chi connectivity index (χ0v) is 12.4. The number of halogens is 1. The Hall–Kier alpha value is -1.67. The van der Waals surface area contributed by atoms with Gasteiger partial charge < -0.3 is 11.1 Å². The van der Waals surface area contributed by atoms with Crippen molar-refractivity contribution < 1.29 is 17.6 Å². The third-order valence-electron chi connectivity index (χ3n) is 2.95. The van der Waals surface area contributed by atoms with Crippen molar-refractivity contribution in [1.29, 1.82) is 0 Å².